The van der Waals surface area contributed by atoms with Crippen molar-refractivity contribution in [2.24, 2.45) is 5.92 Å². The predicted octanol–water partition coefficient (Wildman–Crippen LogP) is 1.65. The van der Waals surface area contributed by atoms with Gasteiger partial charge >= 0.3 is 0 Å². The van der Waals surface area contributed by atoms with E-state index in [-0.39, 0.29) is 0 Å². The van der Waals surface area contributed by atoms with Crippen molar-refractivity contribution < 1.29 is 9.47 Å². The lowest BCUT2D eigenvalue weighted by Gasteiger charge is -2.36. The number of ether oxygens (including phenoxy) is 2. The minimum Gasteiger partial charge on any atom is -0.486 e. The van der Waals surface area contributed by atoms with Crippen LogP contribution in [0.3, 0.4) is 0 Å². The molecule has 1 saturated heterocycles. The Morgan fingerprint density at radius 2 is 1.95 bits per heavy atom. The van der Waals surface area contributed by atoms with Crippen LogP contribution < -0.4 is 19.7 Å². The van der Waals surface area contributed by atoms with Gasteiger partial charge in [0.1, 0.15) is 13.2 Å². The van der Waals surface area contributed by atoms with Crippen LogP contribution in [0.25, 0.3) is 0 Å². The number of rotatable bonds is 2. The first-order valence-electron chi connectivity index (χ1n) is 7.28. The molecule has 4 rings (SSSR count). The van der Waals surface area contributed by atoms with Crippen molar-refractivity contribution in [3.63, 3.8) is 0 Å². The SMILES string of the molecule is c1cc2c(cc1N1CCNC(C3CC3)C1)OCCO2. The number of piperazine rings is 1. The van der Waals surface area contributed by atoms with Crippen molar-refractivity contribution in [2.75, 3.05) is 37.7 Å². The average Bonchev–Trinajstić information content (AvgIpc) is 3.32. The maximum Gasteiger partial charge on any atom is 0.163 e. The van der Waals surface area contributed by atoms with Crippen molar-refractivity contribution in [2.45, 2.75) is 18.9 Å². The van der Waals surface area contributed by atoms with Gasteiger partial charge in [-0.05, 0) is 30.9 Å². The summed E-state index contributed by atoms with van der Waals surface area (Å²) in [6.07, 6.45) is 2.79. The van der Waals surface area contributed by atoms with Crippen molar-refractivity contribution in [1.82, 2.24) is 5.32 Å². The first kappa shape index (κ1) is 11.4. The van der Waals surface area contributed by atoms with Gasteiger partial charge < -0.3 is 19.7 Å². The molecule has 0 radical (unpaired) electrons. The summed E-state index contributed by atoms with van der Waals surface area (Å²) in [5.74, 6) is 2.68. The Kier molecular flexibility index (Phi) is 2.76. The fourth-order valence-electron chi connectivity index (χ4n) is 3.06. The van der Waals surface area contributed by atoms with E-state index >= 15 is 0 Å². The van der Waals surface area contributed by atoms with Gasteiger partial charge in [-0.2, -0.15) is 0 Å². The summed E-state index contributed by atoms with van der Waals surface area (Å²) in [5.41, 5.74) is 1.26. The smallest absolute Gasteiger partial charge is 0.163 e. The lowest BCUT2D eigenvalue weighted by atomic mass is 10.1. The zero-order chi connectivity index (χ0) is 12.7. The molecule has 2 heterocycles. The highest BCUT2D eigenvalue weighted by Crippen LogP contribution is 2.37. The summed E-state index contributed by atoms with van der Waals surface area (Å²) in [6, 6.07) is 6.99. The Morgan fingerprint density at radius 1 is 1.11 bits per heavy atom. The zero-order valence-electron chi connectivity index (χ0n) is 11.1. The van der Waals surface area contributed by atoms with E-state index in [1.807, 2.05) is 6.07 Å². The van der Waals surface area contributed by atoms with E-state index in [1.165, 1.54) is 18.5 Å². The maximum atomic E-state index is 5.67. The molecule has 1 aliphatic carbocycles. The molecule has 19 heavy (non-hydrogen) atoms. The Hall–Kier alpha value is -1.42. The lowest BCUT2D eigenvalue weighted by Crippen LogP contribution is -2.51. The highest BCUT2D eigenvalue weighted by molar-refractivity contribution is 5.57. The molecule has 1 saturated carbocycles. The van der Waals surface area contributed by atoms with Crippen LogP contribution in [0, 0.1) is 5.92 Å². The number of nitrogens with one attached hydrogen (secondary N) is 1. The predicted molar refractivity (Wildman–Crippen MR) is 74.2 cm³/mol. The third-order valence-electron chi connectivity index (χ3n) is 4.29. The third kappa shape index (κ3) is 2.25. The van der Waals surface area contributed by atoms with Gasteiger partial charge in [0.05, 0.1) is 0 Å². The fraction of sp³-hybridized carbons (Fsp3) is 0.600. The molecule has 1 unspecified atom stereocenters. The summed E-state index contributed by atoms with van der Waals surface area (Å²) in [7, 11) is 0. The van der Waals surface area contributed by atoms with E-state index in [4.69, 9.17) is 9.47 Å². The van der Waals surface area contributed by atoms with Crippen LogP contribution in [0.5, 0.6) is 11.5 Å². The van der Waals surface area contributed by atoms with Crippen LogP contribution in [0.4, 0.5) is 5.69 Å². The minimum atomic E-state index is 0.655. The molecule has 1 atom stereocenters. The van der Waals surface area contributed by atoms with Crippen LogP contribution in [-0.4, -0.2) is 38.9 Å². The average molecular weight is 260 g/mol. The number of nitrogens with zero attached hydrogens (tertiary/aromatic N) is 1. The second kappa shape index (κ2) is 4.60. The van der Waals surface area contributed by atoms with Gasteiger partial charge in [0, 0.05) is 37.4 Å². The van der Waals surface area contributed by atoms with E-state index in [0.29, 0.717) is 19.3 Å². The molecule has 4 heteroatoms. The summed E-state index contributed by atoms with van der Waals surface area (Å²) in [6.45, 7) is 4.58. The summed E-state index contributed by atoms with van der Waals surface area (Å²) in [5, 5.41) is 3.65. The van der Waals surface area contributed by atoms with Crippen LogP contribution in [0.2, 0.25) is 0 Å². The molecule has 0 spiro atoms. The monoisotopic (exact) mass is 260 g/mol. The van der Waals surface area contributed by atoms with Gasteiger partial charge in [0.15, 0.2) is 11.5 Å². The quantitative estimate of drug-likeness (QED) is 0.876. The summed E-state index contributed by atoms with van der Waals surface area (Å²) >= 11 is 0. The van der Waals surface area contributed by atoms with Gasteiger partial charge in [-0.15, -0.1) is 0 Å². The molecule has 0 amide bonds. The van der Waals surface area contributed by atoms with Gasteiger partial charge in [-0.25, -0.2) is 0 Å². The molecular formula is C15H20N2O2. The molecule has 0 bridgehead atoms. The molecule has 1 aromatic rings. The van der Waals surface area contributed by atoms with Crippen LogP contribution in [0.1, 0.15) is 12.8 Å². The summed E-state index contributed by atoms with van der Waals surface area (Å²) in [4.78, 5) is 2.47. The Bertz CT molecular complexity index is 473. The molecule has 102 valence electrons. The molecular weight excluding hydrogens is 240 g/mol. The molecule has 1 aromatic carbocycles. The molecule has 1 N–H and O–H groups in total. The highest BCUT2D eigenvalue weighted by Gasteiger charge is 2.34. The topological polar surface area (TPSA) is 33.7 Å². The molecule has 4 nitrogen and oxygen atoms in total. The van der Waals surface area contributed by atoms with Crippen molar-refractivity contribution in [3.8, 4) is 11.5 Å². The third-order valence-corrected chi connectivity index (χ3v) is 4.29. The lowest BCUT2D eigenvalue weighted by molar-refractivity contribution is 0.171. The standard InChI is InChI=1S/C15H20N2O2/c1-2-11(1)13-10-17(6-5-16-13)12-3-4-14-15(9-12)19-8-7-18-14/h3-4,9,11,13,16H,1-2,5-8,10H2. The van der Waals surface area contributed by atoms with Crippen molar-refractivity contribution in [1.29, 1.82) is 0 Å². The number of anilines is 1. The van der Waals surface area contributed by atoms with E-state index in [1.54, 1.807) is 0 Å². The number of hydrogen-bond acceptors (Lipinski definition) is 4. The van der Waals surface area contributed by atoms with Crippen molar-refractivity contribution in [3.05, 3.63) is 18.2 Å². The first-order chi connectivity index (χ1) is 9.40. The second-order valence-corrected chi connectivity index (χ2v) is 5.67. The van der Waals surface area contributed by atoms with Gasteiger partial charge in [-0.3, -0.25) is 0 Å². The van der Waals surface area contributed by atoms with E-state index in [9.17, 15) is 0 Å². The number of hydrogen-bond donors (Lipinski definition) is 1. The van der Waals surface area contributed by atoms with Crippen LogP contribution in [-0.2, 0) is 0 Å². The fourth-order valence-corrected chi connectivity index (χ4v) is 3.06. The molecule has 0 aromatic heterocycles. The van der Waals surface area contributed by atoms with Crippen LogP contribution in [0.15, 0.2) is 18.2 Å². The first-order valence-corrected chi connectivity index (χ1v) is 7.28. The number of benzene rings is 1. The van der Waals surface area contributed by atoms with Crippen molar-refractivity contribution >= 4 is 5.69 Å². The van der Waals surface area contributed by atoms with Gasteiger partial charge in [0.25, 0.3) is 0 Å². The van der Waals surface area contributed by atoms with Gasteiger partial charge in [-0.1, -0.05) is 0 Å². The molecule has 2 fully saturated rings. The van der Waals surface area contributed by atoms with Gasteiger partial charge in [0.2, 0.25) is 0 Å². The normalized spacial score (nSPS) is 26.3. The van der Waals surface area contributed by atoms with Crippen LogP contribution >= 0.6 is 0 Å². The Labute approximate surface area is 113 Å². The second-order valence-electron chi connectivity index (χ2n) is 5.67. The largest absolute Gasteiger partial charge is 0.486 e. The summed E-state index contributed by atoms with van der Waals surface area (Å²) < 4.78 is 11.3. The highest BCUT2D eigenvalue weighted by atomic mass is 16.6. The maximum absolute atomic E-state index is 5.67. The zero-order valence-corrected chi connectivity index (χ0v) is 11.1. The minimum absolute atomic E-state index is 0.655. The Morgan fingerprint density at radius 3 is 2.79 bits per heavy atom. The number of fused-ring (bicyclic) bond motifs is 1. The van der Waals surface area contributed by atoms with E-state index in [0.717, 1.165) is 37.1 Å². The molecule has 3 aliphatic rings. The van der Waals surface area contributed by atoms with E-state index < -0.39 is 0 Å². The Balaban J connectivity index is 1.54. The molecule has 2 aliphatic heterocycles. The van der Waals surface area contributed by atoms with E-state index in [2.05, 4.69) is 22.3 Å².